The van der Waals surface area contributed by atoms with E-state index in [0.717, 1.165) is 32.4 Å². The van der Waals surface area contributed by atoms with Gasteiger partial charge in [-0.25, -0.2) is 4.79 Å². The number of hydrogen-bond donors (Lipinski definition) is 0. The van der Waals surface area contributed by atoms with Crippen molar-refractivity contribution in [3.63, 3.8) is 0 Å². The normalized spacial score (nSPS) is 21.5. The fourth-order valence-electron chi connectivity index (χ4n) is 3.57. The lowest BCUT2D eigenvalue weighted by atomic mass is 9.75. The number of carbonyl (C=O) groups is 1. The Kier molecular flexibility index (Phi) is 5.72. The van der Waals surface area contributed by atoms with Gasteiger partial charge in [0.15, 0.2) is 0 Å². The number of rotatable bonds is 4. The third kappa shape index (κ3) is 4.39. The summed E-state index contributed by atoms with van der Waals surface area (Å²) < 4.78 is 5.45. The summed E-state index contributed by atoms with van der Waals surface area (Å²) in [6.07, 6.45) is 3.85. The molecule has 1 atom stereocenters. The number of ether oxygens (including phenoxy) is 1. The van der Waals surface area contributed by atoms with E-state index >= 15 is 0 Å². The lowest BCUT2D eigenvalue weighted by Crippen LogP contribution is -2.65. The molecule has 0 radical (unpaired) electrons. The van der Waals surface area contributed by atoms with Crippen LogP contribution < -0.4 is 0 Å². The molecular weight excluding hydrogens is 304 g/mol. The predicted octanol–water partition coefficient (Wildman–Crippen LogP) is 2.91. The quantitative estimate of drug-likeness (QED) is 0.791. The summed E-state index contributed by atoms with van der Waals surface area (Å²) in [5.74, 6) is -0.0780. The Labute approximate surface area is 145 Å². The van der Waals surface area contributed by atoms with E-state index in [-0.39, 0.29) is 17.6 Å². The third-order valence-electron chi connectivity index (χ3n) is 5.09. The van der Waals surface area contributed by atoms with Gasteiger partial charge in [0.2, 0.25) is 0 Å². The number of piperidine rings is 1. The smallest absolute Gasteiger partial charge is 0.410 e. The van der Waals surface area contributed by atoms with Gasteiger partial charge in [0, 0.05) is 38.1 Å². The molecule has 24 heavy (non-hydrogen) atoms. The van der Waals surface area contributed by atoms with Crippen LogP contribution in [0.15, 0.2) is 0 Å². The van der Waals surface area contributed by atoms with Crippen LogP contribution in [-0.4, -0.2) is 53.2 Å². The maximum atomic E-state index is 12.2. The van der Waals surface area contributed by atoms with Gasteiger partial charge in [0.05, 0.1) is 18.1 Å². The van der Waals surface area contributed by atoms with Gasteiger partial charge in [-0.05, 0) is 46.5 Å². The first kappa shape index (κ1) is 18.5. The fraction of sp³-hybridized carbons (Fsp3) is 0.833. The van der Waals surface area contributed by atoms with Crippen LogP contribution in [0.1, 0.15) is 52.9 Å². The van der Waals surface area contributed by atoms with Gasteiger partial charge in [-0.3, -0.25) is 4.90 Å². The van der Waals surface area contributed by atoms with E-state index in [2.05, 4.69) is 17.0 Å². The van der Waals surface area contributed by atoms with Gasteiger partial charge in [-0.15, -0.1) is 0 Å². The van der Waals surface area contributed by atoms with Gasteiger partial charge in [-0.2, -0.15) is 10.5 Å². The van der Waals surface area contributed by atoms with Crippen molar-refractivity contribution in [3.05, 3.63) is 0 Å². The minimum absolute atomic E-state index is 0.0780. The molecule has 1 amide bonds. The van der Waals surface area contributed by atoms with Crippen LogP contribution in [-0.2, 0) is 4.74 Å². The van der Waals surface area contributed by atoms with Crippen LogP contribution in [0.25, 0.3) is 0 Å². The van der Waals surface area contributed by atoms with E-state index < -0.39 is 5.60 Å². The first-order valence-electron chi connectivity index (χ1n) is 8.79. The Bertz CT molecular complexity index is 533. The average molecular weight is 332 g/mol. The number of carbonyl (C=O) groups excluding carboxylic acids is 1. The molecule has 0 N–H and O–H groups in total. The maximum Gasteiger partial charge on any atom is 0.410 e. The highest BCUT2D eigenvalue weighted by Gasteiger charge is 2.47. The summed E-state index contributed by atoms with van der Waals surface area (Å²) in [5.41, 5.74) is -0.324. The van der Waals surface area contributed by atoms with E-state index in [4.69, 9.17) is 10.00 Å². The Hall–Kier alpha value is -1.79. The zero-order valence-corrected chi connectivity index (χ0v) is 15.0. The minimum Gasteiger partial charge on any atom is -0.444 e. The Balaban J connectivity index is 1.85. The molecule has 6 nitrogen and oxygen atoms in total. The van der Waals surface area contributed by atoms with Gasteiger partial charge in [-0.1, -0.05) is 0 Å². The molecule has 2 heterocycles. The molecular formula is C18H28N4O2. The summed E-state index contributed by atoms with van der Waals surface area (Å²) in [4.78, 5) is 16.4. The molecule has 1 spiro atoms. The zero-order chi connectivity index (χ0) is 17.8. The highest BCUT2D eigenvalue weighted by atomic mass is 16.6. The number of nitrogens with zero attached hydrogens (tertiary/aromatic N) is 4. The molecule has 2 rings (SSSR count). The van der Waals surface area contributed by atoms with Crippen molar-refractivity contribution < 1.29 is 9.53 Å². The van der Waals surface area contributed by atoms with E-state index in [0.29, 0.717) is 25.9 Å². The van der Waals surface area contributed by atoms with Crippen molar-refractivity contribution in [1.29, 1.82) is 10.5 Å². The molecule has 2 fully saturated rings. The summed E-state index contributed by atoms with van der Waals surface area (Å²) in [7, 11) is 0. The minimum atomic E-state index is -0.463. The molecule has 0 unspecified atom stereocenters. The maximum absolute atomic E-state index is 12.2. The van der Waals surface area contributed by atoms with Crippen molar-refractivity contribution in [2.45, 2.75) is 64.0 Å². The number of hydrogen-bond acceptors (Lipinski definition) is 5. The van der Waals surface area contributed by atoms with Crippen molar-refractivity contribution in [2.24, 2.45) is 5.92 Å². The molecule has 132 valence electrons. The fourth-order valence-corrected chi connectivity index (χ4v) is 3.57. The van der Waals surface area contributed by atoms with Crippen LogP contribution in [0.5, 0.6) is 0 Å². The van der Waals surface area contributed by atoms with Gasteiger partial charge in [0.1, 0.15) is 5.60 Å². The van der Waals surface area contributed by atoms with Crippen LogP contribution >= 0.6 is 0 Å². The van der Waals surface area contributed by atoms with Crippen LogP contribution in [0.3, 0.4) is 0 Å². The van der Waals surface area contributed by atoms with Gasteiger partial charge >= 0.3 is 6.09 Å². The van der Waals surface area contributed by atoms with Crippen molar-refractivity contribution >= 4 is 6.09 Å². The van der Waals surface area contributed by atoms with E-state index in [1.54, 1.807) is 4.90 Å². The molecule has 2 saturated heterocycles. The molecule has 0 aromatic heterocycles. The molecule has 0 saturated carbocycles. The molecule has 2 aliphatic heterocycles. The summed E-state index contributed by atoms with van der Waals surface area (Å²) in [6.45, 7) is 8.82. The van der Waals surface area contributed by atoms with E-state index in [1.807, 2.05) is 20.8 Å². The third-order valence-corrected chi connectivity index (χ3v) is 5.09. The second-order valence-electron chi connectivity index (χ2n) is 7.91. The number of nitriles is 2. The Morgan fingerprint density at radius 2 is 1.83 bits per heavy atom. The standard InChI is InChI=1S/C18H28N4O2/c1-17(2,3)24-16(23)21-10-6-18(7-11-21)8-12-22(18)14-15(13-20)5-4-9-19/h15H,4-8,10-12,14H2,1-3H3/t15-/m1/s1. The summed E-state index contributed by atoms with van der Waals surface area (Å²) >= 11 is 0. The van der Waals surface area contributed by atoms with E-state index in [9.17, 15) is 10.1 Å². The Morgan fingerprint density at radius 3 is 2.29 bits per heavy atom. The molecule has 0 aromatic rings. The van der Waals surface area contributed by atoms with Crippen LogP contribution in [0, 0.1) is 28.6 Å². The molecule has 0 aliphatic carbocycles. The SMILES string of the molecule is CC(C)(C)OC(=O)N1CCC2(CC1)CCN2C[C@@H](C#N)CCC#N. The van der Waals surface area contributed by atoms with Crippen LogP contribution in [0.2, 0.25) is 0 Å². The molecule has 0 bridgehead atoms. The Morgan fingerprint density at radius 1 is 1.21 bits per heavy atom. The average Bonchev–Trinajstić information content (AvgIpc) is 2.52. The molecule has 2 aliphatic rings. The van der Waals surface area contributed by atoms with Crippen LogP contribution in [0.4, 0.5) is 4.79 Å². The van der Waals surface area contributed by atoms with Crippen molar-refractivity contribution in [2.75, 3.05) is 26.2 Å². The zero-order valence-electron chi connectivity index (χ0n) is 15.0. The van der Waals surface area contributed by atoms with Gasteiger partial charge < -0.3 is 9.64 Å². The topological polar surface area (TPSA) is 80.4 Å². The highest BCUT2D eigenvalue weighted by Crippen LogP contribution is 2.40. The summed E-state index contributed by atoms with van der Waals surface area (Å²) in [6, 6.07) is 4.46. The lowest BCUT2D eigenvalue weighted by Gasteiger charge is -2.57. The number of amides is 1. The largest absolute Gasteiger partial charge is 0.444 e. The second-order valence-corrected chi connectivity index (χ2v) is 7.91. The van der Waals surface area contributed by atoms with Crippen molar-refractivity contribution in [1.82, 2.24) is 9.80 Å². The lowest BCUT2D eigenvalue weighted by molar-refractivity contribution is -0.0661. The first-order chi connectivity index (χ1) is 11.3. The molecule has 0 aromatic carbocycles. The summed E-state index contributed by atoms with van der Waals surface area (Å²) in [5, 5.41) is 18.0. The predicted molar refractivity (Wildman–Crippen MR) is 89.9 cm³/mol. The van der Waals surface area contributed by atoms with E-state index in [1.165, 1.54) is 0 Å². The highest BCUT2D eigenvalue weighted by molar-refractivity contribution is 5.68. The monoisotopic (exact) mass is 332 g/mol. The number of likely N-dealkylation sites (tertiary alicyclic amines) is 2. The van der Waals surface area contributed by atoms with Gasteiger partial charge in [0.25, 0.3) is 0 Å². The second kappa shape index (κ2) is 7.40. The van der Waals surface area contributed by atoms with Crippen molar-refractivity contribution in [3.8, 4) is 12.1 Å². The first-order valence-corrected chi connectivity index (χ1v) is 8.79. The molecule has 6 heteroatoms.